The highest BCUT2D eigenvalue weighted by Crippen LogP contribution is 2.31. The van der Waals surface area contributed by atoms with Gasteiger partial charge in [0.2, 0.25) is 17.7 Å². The highest BCUT2D eigenvalue weighted by atomic mass is 19.1. The summed E-state index contributed by atoms with van der Waals surface area (Å²) in [6.45, 7) is 11.5. The van der Waals surface area contributed by atoms with Gasteiger partial charge in [-0.3, -0.25) is 14.4 Å². The van der Waals surface area contributed by atoms with Crippen molar-refractivity contribution >= 4 is 17.7 Å². The van der Waals surface area contributed by atoms with Crippen LogP contribution in [-0.2, 0) is 32.6 Å². The molecule has 0 spiro atoms. The van der Waals surface area contributed by atoms with E-state index in [4.69, 9.17) is 11.5 Å². The number of phenolic OH excluding ortho intramolecular Hbond substituents is 1. The fraction of sp³-hybridized carbons (Fsp3) is 0.483. The third-order valence-electron chi connectivity index (χ3n) is 6.51. The lowest BCUT2D eigenvalue weighted by atomic mass is 9.84. The van der Waals surface area contributed by atoms with Crippen molar-refractivity contribution in [3.8, 4) is 5.75 Å². The Labute approximate surface area is 224 Å². The number of likely N-dealkylation sites (N-methyl/N-ethyl adjacent to an activating group) is 1. The second-order valence-corrected chi connectivity index (χ2v) is 11.0. The van der Waals surface area contributed by atoms with Crippen molar-refractivity contribution in [1.82, 2.24) is 10.2 Å². The van der Waals surface area contributed by atoms with Crippen LogP contribution < -0.4 is 16.8 Å². The predicted octanol–water partition coefficient (Wildman–Crippen LogP) is 2.78. The van der Waals surface area contributed by atoms with Gasteiger partial charge in [0.25, 0.3) is 0 Å². The van der Waals surface area contributed by atoms with Gasteiger partial charge in [-0.15, -0.1) is 0 Å². The number of hydrogen-bond acceptors (Lipinski definition) is 5. The summed E-state index contributed by atoms with van der Waals surface area (Å²) in [5.41, 5.74) is 13.7. The normalized spacial score (nSPS) is 14.0. The number of halogens is 1. The minimum absolute atomic E-state index is 0.124. The van der Waals surface area contributed by atoms with Crippen molar-refractivity contribution in [2.24, 2.45) is 17.4 Å². The third kappa shape index (κ3) is 8.02. The zero-order chi connectivity index (χ0) is 28.8. The minimum atomic E-state index is -1.03. The molecule has 2 rings (SSSR count). The average molecular weight is 529 g/mol. The number of carbonyl (C=O) groups is 3. The number of phenols is 1. The molecule has 2 aromatic carbocycles. The fourth-order valence-electron chi connectivity index (χ4n) is 4.49. The predicted molar refractivity (Wildman–Crippen MR) is 146 cm³/mol. The van der Waals surface area contributed by atoms with Crippen LogP contribution in [0.25, 0.3) is 0 Å². The highest BCUT2D eigenvalue weighted by Gasteiger charge is 2.35. The number of amides is 3. The Kier molecular flexibility index (Phi) is 10.4. The molecule has 3 unspecified atom stereocenters. The van der Waals surface area contributed by atoms with Crippen LogP contribution >= 0.6 is 0 Å². The van der Waals surface area contributed by atoms with E-state index in [1.807, 2.05) is 20.8 Å². The monoisotopic (exact) mass is 528 g/mol. The first-order chi connectivity index (χ1) is 17.6. The standard InChI is InChI=1S/C29H41FN4O4/c1-7-34(28(38)22(31)15-18-8-11-20(30)12-9-18)25(17(2)3)27(37)33-23(26(32)36)16-19-10-13-24(35)21(14-19)29(4,5)6/h8-14,17,22-23,25,35H,7,15-16,31H2,1-6H3,(H2,32,36)(H,33,37). The van der Waals surface area contributed by atoms with E-state index in [1.54, 1.807) is 51.1 Å². The van der Waals surface area contributed by atoms with Gasteiger partial charge in [-0.1, -0.05) is 58.9 Å². The molecule has 0 saturated heterocycles. The lowest BCUT2D eigenvalue weighted by molar-refractivity contribution is -0.143. The molecule has 9 heteroatoms. The van der Waals surface area contributed by atoms with Crippen molar-refractivity contribution in [3.05, 3.63) is 65.0 Å². The molecule has 0 aliphatic heterocycles. The molecule has 0 heterocycles. The number of hydrogen-bond donors (Lipinski definition) is 4. The van der Waals surface area contributed by atoms with E-state index in [-0.39, 0.29) is 42.3 Å². The molecule has 0 bridgehead atoms. The number of primary amides is 1. The fourth-order valence-corrected chi connectivity index (χ4v) is 4.49. The summed E-state index contributed by atoms with van der Waals surface area (Å²) < 4.78 is 13.2. The van der Waals surface area contributed by atoms with E-state index in [1.165, 1.54) is 17.0 Å². The largest absolute Gasteiger partial charge is 0.508 e. The maximum atomic E-state index is 13.5. The Morgan fingerprint density at radius 3 is 2.11 bits per heavy atom. The molecule has 208 valence electrons. The maximum absolute atomic E-state index is 13.5. The van der Waals surface area contributed by atoms with Gasteiger partial charge in [-0.2, -0.15) is 0 Å². The third-order valence-corrected chi connectivity index (χ3v) is 6.51. The van der Waals surface area contributed by atoms with Gasteiger partial charge in [0.05, 0.1) is 6.04 Å². The number of aromatic hydroxyl groups is 1. The maximum Gasteiger partial charge on any atom is 0.243 e. The number of carbonyl (C=O) groups excluding carboxylic acids is 3. The smallest absolute Gasteiger partial charge is 0.243 e. The molecule has 6 N–H and O–H groups in total. The molecule has 3 amide bonds. The summed E-state index contributed by atoms with van der Waals surface area (Å²) in [7, 11) is 0. The van der Waals surface area contributed by atoms with Crippen molar-refractivity contribution < 1.29 is 23.9 Å². The Hall–Kier alpha value is -3.46. The molecule has 0 aliphatic rings. The quantitative estimate of drug-likeness (QED) is 0.355. The Morgan fingerprint density at radius 1 is 1.03 bits per heavy atom. The van der Waals surface area contributed by atoms with E-state index in [0.717, 1.165) is 5.56 Å². The van der Waals surface area contributed by atoms with Gasteiger partial charge in [0.1, 0.15) is 23.7 Å². The molecule has 0 radical (unpaired) electrons. The number of nitrogens with zero attached hydrogens (tertiary/aromatic N) is 1. The van der Waals surface area contributed by atoms with Crippen LogP contribution in [-0.4, -0.2) is 52.4 Å². The lowest BCUT2D eigenvalue weighted by Gasteiger charge is -2.35. The molecule has 3 atom stereocenters. The van der Waals surface area contributed by atoms with Crippen LogP contribution in [0, 0.1) is 11.7 Å². The summed E-state index contributed by atoms with van der Waals surface area (Å²) in [5.74, 6) is -2.17. The highest BCUT2D eigenvalue weighted by molar-refractivity contribution is 5.93. The Bertz CT molecular complexity index is 1130. The van der Waals surface area contributed by atoms with Gasteiger partial charge >= 0.3 is 0 Å². The second kappa shape index (κ2) is 12.9. The summed E-state index contributed by atoms with van der Waals surface area (Å²) in [5, 5.41) is 13.0. The summed E-state index contributed by atoms with van der Waals surface area (Å²) in [6, 6.07) is 7.93. The number of benzene rings is 2. The topological polar surface area (TPSA) is 139 Å². The van der Waals surface area contributed by atoms with Crippen LogP contribution in [0.15, 0.2) is 42.5 Å². The van der Waals surface area contributed by atoms with Crippen molar-refractivity contribution in [2.75, 3.05) is 6.54 Å². The Balaban J connectivity index is 2.23. The average Bonchev–Trinajstić information content (AvgIpc) is 2.82. The summed E-state index contributed by atoms with van der Waals surface area (Å²) in [4.78, 5) is 40.5. The zero-order valence-electron chi connectivity index (χ0n) is 23.1. The first-order valence-corrected chi connectivity index (χ1v) is 12.9. The Morgan fingerprint density at radius 2 is 1.61 bits per heavy atom. The van der Waals surface area contributed by atoms with Gasteiger partial charge in [-0.05, 0) is 59.6 Å². The van der Waals surface area contributed by atoms with Crippen molar-refractivity contribution in [1.29, 1.82) is 0 Å². The van der Waals surface area contributed by atoms with Gasteiger partial charge in [0, 0.05) is 13.0 Å². The van der Waals surface area contributed by atoms with Gasteiger partial charge < -0.3 is 26.8 Å². The van der Waals surface area contributed by atoms with E-state index >= 15 is 0 Å². The molecule has 2 aromatic rings. The van der Waals surface area contributed by atoms with Crippen molar-refractivity contribution in [2.45, 2.75) is 77.9 Å². The minimum Gasteiger partial charge on any atom is -0.508 e. The number of rotatable bonds is 11. The molecule has 38 heavy (non-hydrogen) atoms. The molecular weight excluding hydrogens is 487 g/mol. The van der Waals surface area contributed by atoms with Crippen molar-refractivity contribution in [3.63, 3.8) is 0 Å². The molecular formula is C29H41FN4O4. The first kappa shape index (κ1) is 30.8. The molecule has 0 aromatic heterocycles. The van der Waals surface area contributed by atoms with Crippen LogP contribution in [0.2, 0.25) is 0 Å². The zero-order valence-corrected chi connectivity index (χ0v) is 23.1. The second-order valence-electron chi connectivity index (χ2n) is 11.0. The van der Waals surface area contributed by atoms with E-state index in [2.05, 4.69) is 5.32 Å². The number of nitrogens with two attached hydrogens (primary N) is 2. The molecule has 8 nitrogen and oxygen atoms in total. The van der Waals surface area contributed by atoms with Gasteiger partial charge in [0.15, 0.2) is 0 Å². The van der Waals surface area contributed by atoms with E-state index < -0.39 is 35.8 Å². The van der Waals surface area contributed by atoms with Crippen LogP contribution in [0.4, 0.5) is 4.39 Å². The lowest BCUT2D eigenvalue weighted by Crippen LogP contribution is -2.59. The molecule has 0 fully saturated rings. The van der Waals surface area contributed by atoms with Gasteiger partial charge in [-0.25, -0.2) is 4.39 Å². The molecule has 0 aliphatic carbocycles. The van der Waals surface area contributed by atoms with Crippen LogP contribution in [0.1, 0.15) is 58.2 Å². The SMILES string of the molecule is CCN(C(=O)C(N)Cc1ccc(F)cc1)C(C(=O)NC(Cc1ccc(O)c(C(C)(C)C)c1)C(N)=O)C(C)C. The van der Waals surface area contributed by atoms with E-state index in [9.17, 15) is 23.9 Å². The first-order valence-electron chi connectivity index (χ1n) is 12.9. The van der Waals surface area contributed by atoms with E-state index in [0.29, 0.717) is 11.1 Å². The summed E-state index contributed by atoms with van der Waals surface area (Å²) in [6.07, 6.45) is 0.308. The van der Waals surface area contributed by atoms with Crippen LogP contribution in [0.5, 0.6) is 5.75 Å². The van der Waals surface area contributed by atoms with Crippen LogP contribution in [0.3, 0.4) is 0 Å². The molecule has 0 saturated carbocycles. The summed E-state index contributed by atoms with van der Waals surface area (Å²) >= 11 is 0. The number of nitrogens with one attached hydrogen (secondary N) is 1.